The zero-order valence-electron chi connectivity index (χ0n) is 25.4. The van der Waals surface area contributed by atoms with Crippen molar-refractivity contribution in [3.63, 3.8) is 0 Å². The number of carbonyl (C=O) groups is 2. The molecule has 0 aliphatic heterocycles. The molecule has 0 aliphatic carbocycles. The van der Waals surface area contributed by atoms with Gasteiger partial charge < -0.3 is 25.2 Å². The van der Waals surface area contributed by atoms with Gasteiger partial charge in [-0.05, 0) is 78.2 Å². The van der Waals surface area contributed by atoms with Gasteiger partial charge in [-0.3, -0.25) is 9.59 Å². The maximum absolute atomic E-state index is 13.5. The number of nitriles is 1. The van der Waals surface area contributed by atoms with Crippen LogP contribution in [0.25, 0.3) is 16.7 Å². The number of methoxy groups -OCH3 is 2. The highest BCUT2D eigenvalue weighted by Gasteiger charge is 2.21. The van der Waals surface area contributed by atoms with Crippen LogP contribution in [0, 0.1) is 11.3 Å². The molecular weight excluding hydrogens is 614 g/mol. The van der Waals surface area contributed by atoms with Crippen molar-refractivity contribution in [2.75, 3.05) is 24.9 Å². The van der Waals surface area contributed by atoms with E-state index in [1.54, 1.807) is 79.9 Å². The Balaban J connectivity index is 1.43. The van der Waals surface area contributed by atoms with Crippen LogP contribution in [-0.2, 0) is 0 Å². The number of fused-ring (bicyclic) bond motifs is 1. The summed E-state index contributed by atoms with van der Waals surface area (Å²) in [6, 6.07) is 23.3. The van der Waals surface area contributed by atoms with Gasteiger partial charge in [-0.15, -0.1) is 10.2 Å². The molecule has 0 radical (unpaired) electrons. The number of carbonyl (C=O) groups excluding carboxylic acids is 2. The molecule has 3 N–H and O–H groups in total. The van der Waals surface area contributed by atoms with Crippen molar-refractivity contribution in [3.05, 3.63) is 114 Å². The van der Waals surface area contributed by atoms with E-state index in [4.69, 9.17) is 9.47 Å². The van der Waals surface area contributed by atoms with Gasteiger partial charge in [0.15, 0.2) is 11.6 Å². The van der Waals surface area contributed by atoms with Gasteiger partial charge >= 0.3 is 0 Å². The topological polar surface area (TPSA) is 189 Å². The molecule has 0 aliphatic rings. The number of anilines is 2. The van der Waals surface area contributed by atoms with Crippen LogP contribution in [0.5, 0.6) is 17.2 Å². The van der Waals surface area contributed by atoms with Gasteiger partial charge in [0.2, 0.25) is 0 Å². The molecular formula is C34H25N9O5. The number of phenolic OH excluding ortho intramolecular Hbond substituents is 1. The number of rotatable bonds is 9. The number of hydrogen-bond acceptors (Lipinski definition) is 11. The number of hydrogen-bond donors (Lipinski definition) is 3. The lowest BCUT2D eigenvalue weighted by Crippen LogP contribution is -2.13. The van der Waals surface area contributed by atoms with Crippen LogP contribution in [0.1, 0.15) is 26.3 Å². The van der Waals surface area contributed by atoms with Gasteiger partial charge in [0.05, 0.1) is 26.0 Å². The molecule has 4 aromatic carbocycles. The minimum absolute atomic E-state index is 0.000160. The van der Waals surface area contributed by atoms with Crippen LogP contribution in [-0.4, -0.2) is 50.9 Å². The summed E-state index contributed by atoms with van der Waals surface area (Å²) in [5.41, 5.74) is 1.12. The predicted molar refractivity (Wildman–Crippen MR) is 176 cm³/mol. The average molecular weight is 640 g/mol. The molecule has 0 atom stereocenters. The lowest BCUT2D eigenvalue weighted by molar-refractivity contribution is 0.101. The number of azo groups is 1. The van der Waals surface area contributed by atoms with Gasteiger partial charge in [-0.1, -0.05) is 6.07 Å². The summed E-state index contributed by atoms with van der Waals surface area (Å²) in [4.78, 5) is 35.1. The molecule has 48 heavy (non-hydrogen) atoms. The number of nitrogens with one attached hydrogen (secondary N) is 2. The first-order valence-electron chi connectivity index (χ1n) is 14.3. The largest absolute Gasteiger partial charge is 0.505 e. The first kappa shape index (κ1) is 30.9. The summed E-state index contributed by atoms with van der Waals surface area (Å²) >= 11 is 0. The first-order valence-corrected chi connectivity index (χ1v) is 14.3. The molecule has 2 amide bonds. The van der Waals surface area contributed by atoms with E-state index in [1.165, 1.54) is 36.4 Å². The number of ether oxygens (including phenoxy) is 2. The predicted octanol–water partition coefficient (Wildman–Crippen LogP) is 6.33. The molecule has 14 nitrogen and oxygen atoms in total. The lowest BCUT2D eigenvalue weighted by Gasteiger charge is -2.13. The Kier molecular flexibility index (Phi) is 8.66. The molecule has 2 aromatic heterocycles. The normalized spacial score (nSPS) is 10.9. The fourth-order valence-electron chi connectivity index (χ4n) is 4.70. The highest BCUT2D eigenvalue weighted by molar-refractivity contribution is 6.13. The Morgan fingerprint density at radius 1 is 0.854 bits per heavy atom. The van der Waals surface area contributed by atoms with Gasteiger partial charge in [0, 0.05) is 34.7 Å². The minimum atomic E-state index is -0.649. The molecule has 0 saturated heterocycles. The SMILES string of the molecule is COc1ccc(NC(=O)c2ccc3c(N=Nc4c(C#N)cnn4-c4ncccn4)c(O)c(C(=O)Nc4ccc(OC)cc4)cc3c2)cc1. The fourth-order valence-corrected chi connectivity index (χ4v) is 4.70. The van der Waals surface area contributed by atoms with Crippen molar-refractivity contribution in [3.8, 4) is 29.3 Å². The minimum Gasteiger partial charge on any atom is -0.505 e. The van der Waals surface area contributed by atoms with E-state index < -0.39 is 17.6 Å². The zero-order valence-corrected chi connectivity index (χ0v) is 25.4. The molecule has 0 saturated carbocycles. The summed E-state index contributed by atoms with van der Waals surface area (Å²) in [6.07, 6.45) is 4.29. The Hall–Kier alpha value is -7.14. The van der Waals surface area contributed by atoms with Crippen molar-refractivity contribution in [1.29, 1.82) is 5.26 Å². The third-order valence-electron chi connectivity index (χ3n) is 7.14. The third-order valence-corrected chi connectivity index (χ3v) is 7.14. The Labute approximate surface area is 272 Å². The van der Waals surface area contributed by atoms with Crippen LogP contribution < -0.4 is 20.1 Å². The van der Waals surface area contributed by atoms with E-state index in [1.807, 2.05) is 6.07 Å². The molecule has 6 rings (SSSR count). The summed E-state index contributed by atoms with van der Waals surface area (Å²) in [5, 5.41) is 40.2. The molecule has 0 bridgehead atoms. The van der Waals surface area contributed by atoms with E-state index in [0.717, 1.165) is 0 Å². The van der Waals surface area contributed by atoms with Crippen molar-refractivity contribution in [2.24, 2.45) is 10.2 Å². The number of benzene rings is 4. The maximum Gasteiger partial charge on any atom is 0.259 e. The van der Waals surface area contributed by atoms with Crippen LogP contribution in [0.4, 0.5) is 22.9 Å². The molecule has 14 heteroatoms. The van der Waals surface area contributed by atoms with Crippen molar-refractivity contribution >= 4 is 45.5 Å². The van der Waals surface area contributed by atoms with Crippen LogP contribution in [0.2, 0.25) is 0 Å². The molecule has 6 aromatic rings. The van der Waals surface area contributed by atoms with Gasteiger partial charge in [-0.2, -0.15) is 15.0 Å². The quantitative estimate of drug-likeness (QED) is 0.152. The summed E-state index contributed by atoms with van der Waals surface area (Å²) in [6.45, 7) is 0. The molecule has 2 heterocycles. The second-order valence-electron chi connectivity index (χ2n) is 10.1. The highest BCUT2D eigenvalue weighted by atomic mass is 16.5. The molecule has 0 unspecified atom stereocenters. The lowest BCUT2D eigenvalue weighted by atomic mass is 10.0. The number of phenols is 1. The van der Waals surface area contributed by atoms with Crippen molar-refractivity contribution in [1.82, 2.24) is 19.7 Å². The zero-order chi connectivity index (χ0) is 33.6. The number of amides is 2. The van der Waals surface area contributed by atoms with E-state index in [9.17, 15) is 20.0 Å². The molecule has 0 fully saturated rings. The van der Waals surface area contributed by atoms with E-state index in [-0.39, 0.29) is 34.1 Å². The number of aromatic hydroxyl groups is 1. The van der Waals surface area contributed by atoms with Crippen molar-refractivity contribution in [2.45, 2.75) is 0 Å². The van der Waals surface area contributed by atoms with Crippen LogP contribution in [0.3, 0.4) is 0 Å². The van der Waals surface area contributed by atoms with E-state index in [0.29, 0.717) is 33.6 Å². The second kappa shape index (κ2) is 13.5. The van der Waals surface area contributed by atoms with Crippen LogP contribution >= 0.6 is 0 Å². The standard InChI is InChI=1S/C34H25N9O5/c1-47-25-9-5-23(6-10-25)39-32(45)20-4-13-27-21(16-20)17-28(33(46)40-24-7-11-26(48-2)12-8-24)30(44)29(27)41-42-31-22(18-35)19-38-43(31)34-36-14-3-15-37-34/h3-17,19,44H,1-2H3,(H,39,45)(H,40,46). The number of aromatic nitrogens is 4. The maximum atomic E-state index is 13.5. The second-order valence-corrected chi connectivity index (χ2v) is 10.1. The van der Waals surface area contributed by atoms with Crippen LogP contribution in [0.15, 0.2) is 108 Å². The van der Waals surface area contributed by atoms with E-state index in [2.05, 4.69) is 35.9 Å². The Morgan fingerprint density at radius 3 is 2.08 bits per heavy atom. The number of nitrogens with zero attached hydrogens (tertiary/aromatic N) is 7. The van der Waals surface area contributed by atoms with E-state index >= 15 is 0 Å². The summed E-state index contributed by atoms with van der Waals surface area (Å²) < 4.78 is 11.6. The fraction of sp³-hybridized carbons (Fsp3) is 0.0588. The average Bonchev–Trinajstić information content (AvgIpc) is 3.54. The monoisotopic (exact) mass is 639 g/mol. The Bertz CT molecular complexity index is 2210. The Morgan fingerprint density at radius 2 is 1.48 bits per heavy atom. The molecule has 236 valence electrons. The summed E-state index contributed by atoms with van der Waals surface area (Å²) in [7, 11) is 3.08. The van der Waals surface area contributed by atoms with Gasteiger partial charge in [-0.25, -0.2) is 9.97 Å². The van der Waals surface area contributed by atoms with Gasteiger partial charge in [0.1, 0.15) is 28.8 Å². The van der Waals surface area contributed by atoms with Crippen molar-refractivity contribution < 1.29 is 24.2 Å². The highest BCUT2D eigenvalue weighted by Crippen LogP contribution is 2.40. The first-order chi connectivity index (χ1) is 23.4. The third kappa shape index (κ3) is 6.32. The molecule has 0 spiro atoms. The smallest absolute Gasteiger partial charge is 0.259 e. The van der Waals surface area contributed by atoms with Gasteiger partial charge in [0.25, 0.3) is 17.8 Å². The summed E-state index contributed by atoms with van der Waals surface area (Å²) in [5.74, 6) is -0.156.